The van der Waals surface area contributed by atoms with Crippen molar-refractivity contribution in [1.29, 1.82) is 0 Å². The van der Waals surface area contributed by atoms with Crippen LogP contribution in [0, 0.1) is 5.41 Å². The number of nitrogens with one attached hydrogen (secondary N) is 1. The van der Waals surface area contributed by atoms with E-state index in [4.69, 9.17) is 9.47 Å². The maximum atomic E-state index is 11.5. The zero-order valence-electron chi connectivity index (χ0n) is 15.8. The summed E-state index contributed by atoms with van der Waals surface area (Å²) in [5.41, 5.74) is 1.74. The fourth-order valence-electron chi connectivity index (χ4n) is 3.72. The van der Waals surface area contributed by atoms with Gasteiger partial charge in [0.2, 0.25) is 0 Å². The van der Waals surface area contributed by atoms with Gasteiger partial charge in [-0.25, -0.2) is 0 Å². The molecule has 2 rings (SSSR count). The van der Waals surface area contributed by atoms with Crippen LogP contribution in [0.5, 0.6) is 5.75 Å². The van der Waals surface area contributed by atoms with Crippen molar-refractivity contribution in [2.75, 3.05) is 13.7 Å². The maximum Gasteiger partial charge on any atom is 0.323 e. The first-order valence-electron chi connectivity index (χ1n) is 8.69. The number of methoxy groups -OCH3 is 1. The quantitative estimate of drug-likeness (QED) is 0.835. The van der Waals surface area contributed by atoms with Crippen LogP contribution in [0.3, 0.4) is 0 Å². The van der Waals surface area contributed by atoms with Gasteiger partial charge in [0.15, 0.2) is 0 Å². The van der Waals surface area contributed by atoms with Crippen LogP contribution in [-0.4, -0.2) is 31.8 Å². The van der Waals surface area contributed by atoms with E-state index in [9.17, 15) is 4.79 Å². The topological polar surface area (TPSA) is 47.6 Å². The van der Waals surface area contributed by atoms with Crippen molar-refractivity contribution < 1.29 is 14.3 Å². The van der Waals surface area contributed by atoms with E-state index < -0.39 is 0 Å². The minimum Gasteiger partial charge on any atom is -0.489 e. The van der Waals surface area contributed by atoms with Gasteiger partial charge in [-0.1, -0.05) is 46.8 Å². The molecule has 0 aliphatic carbocycles. The summed E-state index contributed by atoms with van der Waals surface area (Å²) in [5.74, 6) is 0.628. The smallest absolute Gasteiger partial charge is 0.323 e. The van der Waals surface area contributed by atoms with Gasteiger partial charge in [0.25, 0.3) is 0 Å². The molecule has 0 amide bonds. The lowest BCUT2D eigenvalue weighted by molar-refractivity contribution is -0.142. The van der Waals surface area contributed by atoms with Crippen molar-refractivity contribution in [2.24, 2.45) is 5.41 Å². The summed E-state index contributed by atoms with van der Waals surface area (Å²) in [7, 11) is 1.41. The van der Waals surface area contributed by atoms with Crippen molar-refractivity contribution in [1.82, 2.24) is 5.32 Å². The first kappa shape index (κ1) is 18.8. The molecule has 1 aliphatic rings. The Labute approximate surface area is 145 Å². The number of hydrogen-bond acceptors (Lipinski definition) is 4. The van der Waals surface area contributed by atoms with Crippen LogP contribution in [0.15, 0.2) is 24.3 Å². The molecular weight excluding hydrogens is 302 g/mol. The summed E-state index contributed by atoms with van der Waals surface area (Å²) < 4.78 is 10.8. The lowest BCUT2D eigenvalue weighted by Crippen LogP contribution is -2.31. The van der Waals surface area contributed by atoms with Gasteiger partial charge in [-0.2, -0.15) is 0 Å². The molecule has 24 heavy (non-hydrogen) atoms. The van der Waals surface area contributed by atoms with Crippen molar-refractivity contribution in [3.8, 4) is 5.75 Å². The fraction of sp³-hybridized carbons (Fsp3) is 0.650. The molecular formula is C20H31NO3. The molecule has 0 bridgehead atoms. The number of carbonyl (C=O) groups is 1. The van der Waals surface area contributed by atoms with Gasteiger partial charge in [0.1, 0.15) is 17.9 Å². The highest BCUT2D eigenvalue weighted by Crippen LogP contribution is 2.36. The predicted molar refractivity (Wildman–Crippen MR) is 96.4 cm³/mol. The molecule has 0 unspecified atom stereocenters. The summed E-state index contributed by atoms with van der Waals surface area (Å²) in [6.07, 6.45) is 1.76. The molecule has 4 heteroatoms. The molecule has 4 nitrogen and oxygen atoms in total. The number of hydrogen-bond donors (Lipinski definition) is 1. The summed E-state index contributed by atoms with van der Waals surface area (Å²) in [6.45, 7) is 12.1. The van der Waals surface area contributed by atoms with E-state index in [1.165, 1.54) is 12.7 Å². The second-order valence-corrected chi connectivity index (χ2v) is 8.61. The van der Waals surface area contributed by atoms with E-state index in [0.29, 0.717) is 13.0 Å². The Kier molecular flexibility index (Phi) is 5.59. The third kappa shape index (κ3) is 4.97. The molecule has 0 spiro atoms. The van der Waals surface area contributed by atoms with Crippen LogP contribution in [0.2, 0.25) is 0 Å². The zero-order valence-corrected chi connectivity index (χ0v) is 15.8. The molecule has 2 atom stereocenters. The van der Waals surface area contributed by atoms with E-state index >= 15 is 0 Å². The Balaban J connectivity index is 1.97. The third-order valence-electron chi connectivity index (χ3n) is 4.49. The van der Waals surface area contributed by atoms with Gasteiger partial charge in [0, 0.05) is 13.0 Å². The molecule has 0 aromatic heterocycles. The highest BCUT2D eigenvalue weighted by atomic mass is 16.5. The van der Waals surface area contributed by atoms with Gasteiger partial charge in [0.05, 0.1) is 7.11 Å². The number of esters is 1. The standard InChI is InChI=1S/C20H31NO3/c1-19(2,3)13-20(4,5)14-7-9-15(10-8-14)24-16-11-17(21-12-16)18(22)23-6/h7-10,16-17,21H,11-13H2,1-6H3/t16-,17-/m1/s1. The van der Waals surface area contributed by atoms with E-state index in [2.05, 4.69) is 52.1 Å². The summed E-state index contributed by atoms with van der Waals surface area (Å²) in [4.78, 5) is 11.5. The van der Waals surface area contributed by atoms with Gasteiger partial charge < -0.3 is 14.8 Å². The molecule has 0 saturated carbocycles. The average molecular weight is 333 g/mol. The Hall–Kier alpha value is -1.55. The van der Waals surface area contributed by atoms with E-state index in [1.807, 2.05) is 12.1 Å². The third-order valence-corrected chi connectivity index (χ3v) is 4.49. The molecule has 1 heterocycles. The van der Waals surface area contributed by atoms with Crippen LogP contribution in [0.4, 0.5) is 0 Å². The van der Waals surface area contributed by atoms with E-state index in [-0.39, 0.29) is 28.9 Å². The Morgan fingerprint density at radius 1 is 1.17 bits per heavy atom. The molecule has 0 radical (unpaired) electrons. The van der Waals surface area contributed by atoms with E-state index in [0.717, 1.165) is 12.2 Å². The van der Waals surface area contributed by atoms with Crippen LogP contribution in [0.1, 0.15) is 53.0 Å². The lowest BCUT2D eigenvalue weighted by Gasteiger charge is -2.33. The molecule has 1 fully saturated rings. The van der Waals surface area contributed by atoms with E-state index in [1.54, 1.807) is 0 Å². The fourth-order valence-corrected chi connectivity index (χ4v) is 3.72. The van der Waals surface area contributed by atoms with Crippen molar-refractivity contribution in [3.63, 3.8) is 0 Å². The first-order chi connectivity index (χ1) is 11.1. The van der Waals surface area contributed by atoms with Crippen molar-refractivity contribution >= 4 is 5.97 Å². The second-order valence-electron chi connectivity index (χ2n) is 8.61. The number of rotatable bonds is 5. The number of carbonyl (C=O) groups excluding carboxylic acids is 1. The molecule has 1 aliphatic heterocycles. The Bertz CT molecular complexity index is 557. The summed E-state index contributed by atoms with van der Waals surface area (Å²) in [5, 5.41) is 3.14. The summed E-state index contributed by atoms with van der Waals surface area (Å²) >= 11 is 0. The van der Waals surface area contributed by atoms with Gasteiger partial charge in [-0.05, 0) is 34.9 Å². The highest BCUT2D eigenvalue weighted by Gasteiger charge is 2.31. The Morgan fingerprint density at radius 2 is 1.79 bits per heavy atom. The normalized spacial score (nSPS) is 21.6. The largest absolute Gasteiger partial charge is 0.489 e. The molecule has 1 saturated heterocycles. The summed E-state index contributed by atoms with van der Waals surface area (Å²) in [6, 6.07) is 8.11. The van der Waals surface area contributed by atoms with Crippen molar-refractivity contribution in [2.45, 2.75) is 65.0 Å². The van der Waals surface area contributed by atoms with Gasteiger partial charge in [-0.3, -0.25) is 4.79 Å². The number of benzene rings is 1. The highest BCUT2D eigenvalue weighted by molar-refractivity contribution is 5.76. The van der Waals surface area contributed by atoms with Crippen molar-refractivity contribution in [3.05, 3.63) is 29.8 Å². The van der Waals surface area contributed by atoms with Crippen LogP contribution in [-0.2, 0) is 14.9 Å². The molecule has 1 N–H and O–H groups in total. The van der Waals surface area contributed by atoms with Crippen LogP contribution in [0.25, 0.3) is 0 Å². The molecule has 1 aromatic carbocycles. The minimum atomic E-state index is -0.259. The second kappa shape index (κ2) is 7.14. The first-order valence-corrected chi connectivity index (χ1v) is 8.69. The number of ether oxygens (including phenoxy) is 2. The monoisotopic (exact) mass is 333 g/mol. The van der Waals surface area contributed by atoms with Gasteiger partial charge >= 0.3 is 5.97 Å². The molecule has 1 aromatic rings. The maximum absolute atomic E-state index is 11.5. The average Bonchev–Trinajstić information content (AvgIpc) is 2.93. The zero-order chi connectivity index (χ0) is 18.0. The van der Waals surface area contributed by atoms with Gasteiger partial charge in [-0.15, -0.1) is 0 Å². The lowest BCUT2D eigenvalue weighted by atomic mass is 9.72. The molecule has 134 valence electrons. The van der Waals surface area contributed by atoms with Crippen LogP contribution >= 0.6 is 0 Å². The Morgan fingerprint density at radius 3 is 2.33 bits per heavy atom. The SMILES string of the molecule is COC(=O)[C@H]1C[C@@H](Oc2ccc(C(C)(C)CC(C)(C)C)cc2)CN1. The predicted octanol–water partition coefficient (Wildman–Crippen LogP) is 3.68. The van der Waals surface area contributed by atoms with Crippen LogP contribution < -0.4 is 10.1 Å². The minimum absolute atomic E-state index is 0.00235.